The van der Waals surface area contributed by atoms with Crippen LogP contribution >= 0.6 is 0 Å². The van der Waals surface area contributed by atoms with E-state index in [1.165, 1.54) is 37.1 Å². The average molecular weight is 436 g/mol. The van der Waals surface area contributed by atoms with Gasteiger partial charge in [0.2, 0.25) is 0 Å². The fraction of sp³-hybridized carbons (Fsp3) is 0.462. The van der Waals surface area contributed by atoms with Crippen LogP contribution in [0, 0.1) is 5.82 Å². The lowest BCUT2D eigenvalue weighted by Crippen LogP contribution is -2.42. The zero-order chi connectivity index (χ0) is 22.1. The fourth-order valence-electron chi connectivity index (χ4n) is 5.36. The van der Waals surface area contributed by atoms with Crippen molar-refractivity contribution in [3.63, 3.8) is 0 Å². The minimum atomic E-state index is -0.344. The Balaban J connectivity index is 1.27. The number of hydrogen-bond acceptors (Lipinski definition) is 3. The summed E-state index contributed by atoms with van der Waals surface area (Å²) in [4.78, 5) is 32.5. The van der Waals surface area contributed by atoms with Gasteiger partial charge in [0.05, 0.1) is 0 Å². The van der Waals surface area contributed by atoms with Gasteiger partial charge < -0.3 is 14.7 Å². The number of fused-ring (bicyclic) bond motifs is 1. The Morgan fingerprint density at radius 3 is 2.38 bits per heavy atom. The standard InChI is InChI=1S/C26H30FN3O2/c27-23-9-7-19(8-10-23)25(31)29-15-11-20-16-21(5-6-22(20)17-29)26(32)30-14-3-4-24(30)18-28-12-1-2-13-28/h5-10,16,24H,1-4,11-15,17-18H2. The highest BCUT2D eigenvalue weighted by molar-refractivity contribution is 5.95. The van der Waals surface area contributed by atoms with Crippen LogP contribution in [-0.2, 0) is 13.0 Å². The first-order chi connectivity index (χ1) is 15.6. The summed E-state index contributed by atoms with van der Waals surface area (Å²) in [7, 11) is 0. The Hall–Kier alpha value is -2.73. The van der Waals surface area contributed by atoms with Gasteiger partial charge in [0, 0.05) is 43.3 Å². The van der Waals surface area contributed by atoms with Crippen molar-refractivity contribution in [3.8, 4) is 0 Å². The summed E-state index contributed by atoms with van der Waals surface area (Å²) in [5, 5.41) is 0. The molecule has 0 aromatic heterocycles. The molecule has 168 valence electrons. The normalized spacial score (nSPS) is 21.1. The number of benzene rings is 2. The zero-order valence-corrected chi connectivity index (χ0v) is 18.4. The summed E-state index contributed by atoms with van der Waals surface area (Å²) in [5.74, 6) is -0.291. The van der Waals surface area contributed by atoms with E-state index in [9.17, 15) is 14.0 Å². The molecule has 5 rings (SSSR count). The quantitative estimate of drug-likeness (QED) is 0.735. The van der Waals surface area contributed by atoms with Crippen molar-refractivity contribution in [2.24, 2.45) is 0 Å². The van der Waals surface area contributed by atoms with Crippen LogP contribution in [0.4, 0.5) is 4.39 Å². The second kappa shape index (κ2) is 9.02. The molecule has 0 aliphatic carbocycles. The maximum atomic E-state index is 13.3. The maximum Gasteiger partial charge on any atom is 0.254 e. The van der Waals surface area contributed by atoms with Gasteiger partial charge in [0.1, 0.15) is 5.82 Å². The van der Waals surface area contributed by atoms with Crippen molar-refractivity contribution in [1.29, 1.82) is 0 Å². The molecule has 3 heterocycles. The molecule has 0 N–H and O–H groups in total. The molecule has 0 radical (unpaired) electrons. The van der Waals surface area contributed by atoms with Gasteiger partial charge in [0.15, 0.2) is 0 Å². The van der Waals surface area contributed by atoms with Gasteiger partial charge >= 0.3 is 0 Å². The summed E-state index contributed by atoms with van der Waals surface area (Å²) in [5.41, 5.74) is 3.49. The molecule has 2 aromatic rings. The van der Waals surface area contributed by atoms with Crippen LogP contribution in [0.1, 0.15) is 57.5 Å². The minimum absolute atomic E-state index is 0.0855. The van der Waals surface area contributed by atoms with Crippen molar-refractivity contribution in [2.45, 2.75) is 44.7 Å². The predicted molar refractivity (Wildman–Crippen MR) is 121 cm³/mol. The SMILES string of the molecule is O=C(c1ccc(F)cc1)N1CCc2cc(C(=O)N3CCCC3CN3CCCC3)ccc2C1. The first kappa shape index (κ1) is 21.1. The van der Waals surface area contributed by atoms with Crippen molar-refractivity contribution in [3.05, 3.63) is 70.5 Å². The van der Waals surface area contributed by atoms with Gasteiger partial charge in [0.25, 0.3) is 11.8 Å². The lowest BCUT2D eigenvalue weighted by atomic mass is 9.96. The summed E-state index contributed by atoms with van der Waals surface area (Å²) < 4.78 is 13.2. The smallest absolute Gasteiger partial charge is 0.254 e. The molecule has 3 aliphatic rings. The van der Waals surface area contributed by atoms with Crippen molar-refractivity contribution >= 4 is 11.8 Å². The van der Waals surface area contributed by atoms with Crippen molar-refractivity contribution in [1.82, 2.24) is 14.7 Å². The molecule has 3 aliphatic heterocycles. The highest BCUT2D eigenvalue weighted by Crippen LogP contribution is 2.26. The van der Waals surface area contributed by atoms with Gasteiger partial charge in [-0.2, -0.15) is 0 Å². The molecule has 2 fully saturated rings. The number of halogens is 1. The lowest BCUT2D eigenvalue weighted by molar-refractivity contribution is 0.0703. The van der Waals surface area contributed by atoms with Crippen LogP contribution < -0.4 is 0 Å². The monoisotopic (exact) mass is 435 g/mol. The third-order valence-corrected chi connectivity index (χ3v) is 7.15. The first-order valence-corrected chi connectivity index (χ1v) is 11.8. The number of carbonyl (C=O) groups is 2. The molecular formula is C26H30FN3O2. The zero-order valence-electron chi connectivity index (χ0n) is 18.4. The molecule has 2 saturated heterocycles. The Kier molecular flexibility index (Phi) is 5.96. The molecule has 1 unspecified atom stereocenters. The van der Waals surface area contributed by atoms with E-state index in [0.29, 0.717) is 24.7 Å². The number of amides is 2. The molecule has 2 amide bonds. The molecule has 1 atom stereocenters. The molecule has 2 aromatic carbocycles. The van der Waals surface area contributed by atoms with Crippen LogP contribution in [0.2, 0.25) is 0 Å². The number of likely N-dealkylation sites (tertiary alicyclic amines) is 2. The minimum Gasteiger partial charge on any atom is -0.334 e. The van der Waals surface area contributed by atoms with Crippen LogP contribution in [0.5, 0.6) is 0 Å². The van der Waals surface area contributed by atoms with Crippen LogP contribution in [0.15, 0.2) is 42.5 Å². The van der Waals surface area contributed by atoms with Gasteiger partial charge in [-0.25, -0.2) is 4.39 Å². The molecule has 0 spiro atoms. The number of rotatable bonds is 4. The molecule has 0 saturated carbocycles. The highest BCUT2D eigenvalue weighted by atomic mass is 19.1. The van der Waals surface area contributed by atoms with E-state index < -0.39 is 0 Å². The molecule has 6 heteroatoms. The van der Waals surface area contributed by atoms with Crippen molar-refractivity contribution in [2.75, 3.05) is 32.7 Å². The molecule has 0 bridgehead atoms. The van der Waals surface area contributed by atoms with E-state index in [4.69, 9.17) is 0 Å². The summed E-state index contributed by atoms with van der Waals surface area (Å²) in [6.07, 6.45) is 5.43. The number of nitrogens with zero attached hydrogens (tertiary/aromatic N) is 3. The second-order valence-corrected chi connectivity index (χ2v) is 9.27. The molecule has 5 nitrogen and oxygen atoms in total. The Morgan fingerprint density at radius 2 is 1.59 bits per heavy atom. The van der Waals surface area contributed by atoms with E-state index in [-0.39, 0.29) is 17.6 Å². The van der Waals surface area contributed by atoms with E-state index in [1.807, 2.05) is 18.2 Å². The Morgan fingerprint density at radius 1 is 0.844 bits per heavy atom. The summed E-state index contributed by atoms with van der Waals surface area (Å²) >= 11 is 0. The Bertz CT molecular complexity index is 1000. The fourth-order valence-corrected chi connectivity index (χ4v) is 5.36. The van der Waals surface area contributed by atoms with Crippen LogP contribution in [-0.4, -0.2) is 65.3 Å². The third kappa shape index (κ3) is 4.29. The lowest BCUT2D eigenvalue weighted by Gasteiger charge is -2.31. The van der Waals surface area contributed by atoms with Crippen LogP contribution in [0.3, 0.4) is 0 Å². The number of carbonyl (C=O) groups excluding carboxylic acids is 2. The largest absolute Gasteiger partial charge is 0.334 e. The molecule has 32 heavy (non-hydrogen) atoms. The topological polar surface area (TPSA) is 43.9 Å². The van der Waals surface area contributed by atoms with Crippen molar-refractivity contribution < 1.29 is 14.0 Å². The van der Waals surface area contributed by atoms with E-state index in [1.54, 1.807) is 4.90 Å². The third-order valence-electron chi connectivity index (χ3n) is 7.15. The van der Waals surface area contributed by atoms with E-state index in [2.05, 4.69) is 9.80 Å². The maximum absolute atomic E-state index is 13.3. The summed E-state index contributed by atoms with van der Waals surface area (Å²) in [6.45, 7) is 5.27. The summed E-state index contributed by atoms with van der Waals surface area (Å²) in [6, 6.07) is 12.0. The molecular weight excluding hydrogens is 405 g/mol. The first-order valence-electron chi connectivity index (χ1n) is 11.8. The van der Waals surface area contributed by atoms with Gasteiger partial charge in [-0.3, -0.25) is 9.59 Å². The van der Waals surface area contributed by atoms with Gasteiger partial charge in [-0.15, -0.1) is 0 Å². The average Bonchev–Trinajstić information content (AvgIpc) is 3.50. The van der Waals surface area contributed by atoms with Gasteiger partial charge in [-0.1, -0.05) is 6.07 Å². The van der Waals surface area contributed by atoms with Gasteiger partial charge in [-0.05, 0) is 92.7 Å². The van der Waals surface area contributed by atoms with Crippen LogP contribution in [0.25, 0.3) is 0 Å². The highest BCUT2D eigenvalue weighted by Gasteiger charge is 2.32. The van der Waals surface area contributed by atoms with E-state index >= 15 is 0 Å². The number of hydrogen-bond donors (Lipinski definition) is 0. The second-order valence-electron chi connectivity index (χ2n) is 9.27. The van der Waals surface area contributed by atoms with E-state index in [0.717, 1.165) is 62.1 Å². The predicted octanol–water partition coefficient (Wildman–Crippen LogP) is 3.72. The Labute approximate surface area is 188 Å².